The van der Waals surface area contributed by atoms with Gasteiger partial charge in [0.25, 0.3) is 0 Å². The Balaban J connectivity index is 1.52. The van der Waals surface area contributed by atoms with Crippen molar-refractivity contribution in [2.24, 2.45) is 5.92 Å². The highest BCUT2D eigenvalue weighted by molar-refractivity contribution is 5.67. The second-order valence-electron chi connectivity index (χ2n) is 10.1. The molecular formula is C28H33F3N6O2. The zero-order valence-corrected chi connectivity index (χ0v) is 22.4. The van der Waals surface area contributed by atoms with Crippen LogP contribution in [0.5, 0.6) is 5.75 Å². The molecule has 0 aliphatic carbocycles. The van der Waals surface area contributed by atoms with Gasteiger partial charge in [-0.2, -0.15) is 18.2 Å². The largest absolute Gasteiger partial charge is 0.497 e. The van der Waals surface area contributed by atoms with E-state index in [4.69, 9.17) is 19.4 Å². The molecule has 0 saturated carbocycles. The smallest absolute Gasteiger partial charge is 0.419 e. The lowest BCUT2D eigenvalue weighted by atomic mass is 9.98. The Morgan fingerprint density at radius 3 is 2.49 bits per heavy atom. The van der Waals surface area contributed by atoms with E-state index in [9.17, 15) is 13.2 Å². The molecule has 11 heteroatoms. The summed E-state index contributed by atoms with van der Waals surface area (Å²) in [5.41, 5.74) is 0.947. The van der Waals surface area contributed by atoms with Crippen LogP contribution in [0.15, 0.2) is 48.7 Å². The predicted octanol–water partition coefficient (Wildman–Crippen LogP) is 4.75. The minimum atomic E-state index is -4.47. The molecule has 2 aliphatic rings. The lowest BCUT2D eigenvalue weighted by Gasteiger charge is -2.45. The van der Waals surface area contributed by atoms with Crippen molar-refractivity contribution < 1.29 is 22.6 Å². The summed E-state index contributed by atoms with van der Waals surface area (Å²) >= 11 is 0. The normalized spacial score (nSPS) is 18.5. The molecule has 5 rings (SSSR count). The van der Waals surface area contributed by atoms with Crippen molar-refractivity contribution >= 4 is 17.6 Å². The van der Waals surface area contributed by atoms with E-state index >= 15 is 0 Å². The first-order valence-electron chi connectivity index (χ1n) is 13.1. The van der Waals surface area contributed by atoms with Gasteiger partial charge in [-0.25, -0.2) is 9.97 Å². The number of hydrogen-bond donors (Lipinski definition) is 0. The number of benzene rings is 1. The van der Waals surface area contributed by atoms with E-state index in [1.807, 2.05) is 30.3 Å². The number of ether oxygens (including phenoxy) is 2. The van der Waals surface area contributed by atoms with Crippen molar-refractivity contribution in [2.75, 3.05) is 67.7 Å². The third-order valence-corrected chi connectivity index (χ3v) is 7.23. The molecule has 39 heavy (non-hydrogen) atoms. The Morgan fingerprint density at radius 2 is 1.77 bits per heavy atom. The van der Waals surface area contributed by atoms with Crippen LogP contribution in [0.2, 0.25) is 0 Å². The molecular weight excluding hydrogens is 509 g/mol. The number of pyridine rings is 1. The first-order chi connectivity index (χ1) is 18.7. The molecule has 0 spiro atoms. The first-order valence-corrected chi connectivity index (χ1v) is 13.1. The lowest BCUT2D eigenvalue weighted by molar-refractivity contribution is -0.137. The molecule has 0 N–H and O–H groups in total. The minimum Gasteiger partial charge on any atom is -0.497 e. The third kappa shape index (κ3) is 5.88. The van der Waals surface area contributed by atoms with Crippen LogP contribution in [0.1, 0.15) is 19.4 Å². The standard InChI is InChI=1S/C28H33F3N6O2/c1-19(2)24-18-36(26-22(28(29,30)31)8-5-9-32-26)10-11-37(24)25-17-23(20-6-4-7-21(16-20)38-3)33-27(34-25)35-12-14-39-15-13-35/h4-9,16-17,19,24H,10-15,18H2,1-3H3/t24-/m0/s1. The molecule has 0 unspecified atom stereocenters. The van der Waals surface area contributed by atoms with Gasteiger partial charge in [0.2, 0.25) is 5.95 Å². The topological polar surface area (TPSA) is 66.9 Å². The molecule has 0 amide bonds. The molecule has 1 atom stereocenters. The van der Waals surface area contributed by atoms with E-state index in [-0.39, 0.29) is 17.8 Å². The second kappa shape index (κ2) is 11.3. The van der Waals surface area contributed by atoms with Gasteiger partial charge >= 0.3 is 6.18 Å². The summed E-state index contributed by atoms with van der Waals surface area (Å²) in [7, 11) is 1.63. The zero-order valence-electron chi connectivity index (χ0n) is 22.4. The molecule has 0 bridgehead atoms. The third-order valence-electron chi connectivity index (χ3n) is 7.23. The lowest BCUT2D eigenvalue weighted by Crippen LogP contribution is -2.56. The number of morpholine rings is 1. The number of nitrogens with zero attached hydrogens (tertiary/aromatic N) is 6. The quantitative estimate of drug-likeness (QED) is 0.442. The number of methoxy groups -OCH3 is 1. The number of hydrogen-bond acceptors (Lipinski definition) is 8. The Hall–Kier alpha value is -3.60. The Kier molecular flexibility index (Phi) is 7.79. The maximum Gasteiger partial charge on any atom is 0.419 e. The van der Waals surface area contributed by atoms with E-state index < -0.39 is 11.7 Å². The average Bonchev–Trinajstić information content (AvgIpc) is 2.96. The molecule has 3 aromatic rings. The first kappa shape index (κ1) is 27.0. The monoisotopic (exact) mass is 542 g/mol. The van der Waals surface area contributed by atoms with Crippen molar-refractivity contribution in [2.45, 2.75) is 26.1 Å². The highest BCUT2D eigenvalue weighted by Crippen LogP contribution is 2.37. The molecule has 2 saturated heterocycles. The highest BCUT2D eigenvalue weighted by Gasteiger charge is 2.38. The van der Waals surface area contributed by atoms with Crippen LogP contribution in [0.25, 0.3) is 11.3 Å². The average molecular weight is 543 g/mol. The number of halogens is 3. The molecule has 4 heterocycles. The van der Waals surface area contributed by atoms with Crippen LogP contribution in [-0.4, -0.2) is 74.0 Å². The molecule has 0 radical (unpaired) electrons. The number of piperazine rings is 1. The molecule has 2 fully saturated rings. The SMILES string of the molecule is COc1cccc(-c2cc(N3CCN(c4ncccc4C(F)(F)F)C[C@H]3C(C)C)nc(N3CCOCC3)n2)c1. The Bertz CT molecular complexity index is 1280. The van der Waals surface area contributed by atoms with E-state index in [1.165, 1.54) is 12.3 Å². The molecule has 2 aromatic heterocycles. The van der Waals surface area contributed by atoms with Crippen LogP contribution >= 0.6 is 0 Å². The van der Waals surface area contributed by atoms with Crippen molar-refractivity contribution in [3.63, 3.8) is 0 Å². The van der Waals surface area contributed by atoms with E-state index in [0.29, 0.717) is 51.9 Å². The van der Waals surface area contributed by atoms with Crippen molar-refractivity contribution in [1.82, 2.24) is 15.0 Å². The fourth-order valence-electron chi connectivity index (χ4n) is 5.13. The summed E-state index contributed by atoms with van der Waals surface area (Å²) in [6.45, 7) is 7.99. The predicted molar refractivity (Wildman–Crippen MR) is 144 cm³/mol. The van der Waals surface area contributed by atoms with E-state index in [2.05, 4.69) is 28.6 Å². The number of anilines is 3. The summed E-state index contributed by atoms with van der Waals surface area (Å²) < 4.78 is 52.3. The molecule has 2 aliphatic heterocycles. The van der Waals surface area contributed by atoms with Crippen LogP contribution in [0.4, 0.5) is 30.8 Å². The van der Waals surface area contributed by atoms with Crippen LogP contribution in [0, 0.1) is 5.92 Å². The minimum absolute atomic E-state index is 0.0240. The number of rotatable bonds is 6. The van der Waals surface area contributed by atoms with E-state index in [1.54, 1.807) is 12.0 Å². The Morgan fingerprint density at radius 1 is 0.974 bits per heavy atom. The summed E-state index contributed by atoms with van der Waals surface area (Å²) in [5, 5.41) is 0. The number of alkyl halides is 3. The summed E-state index contributed by atoms with van der Waals surface area (Å²) in [6, 6.07) is 12.0. The summed E-state index contributed by atoms with van der Waals surface area (Å²) in [5.74, 6) is 2.21. The van der Waals surface area contributed by atoms with Crippen LogP contribution in [0.3, 0.4) is 0 Å². The zero-order chi connectivity index (χ0) is 27.6. The van der Waals surface area contributed by atoms with Crippen molar-refractivity contribution in [1.29, 1.82) is 0 Å². The van der Waals surface area contributed by atoms with Crippen LogP contribution in [-0.2, 0) is 10.9 Å². The van der Waals surface area contributed by atoms with Gasteiger partial charge in [-0.15, -0.1) is 0 Å². The second-order valence-corrected chi connectivity index (χ2v) is 10.1. The molecule has 208 valence electrons. The van der Waals surface area contributed by atoms with Gasteiger partial charge in [-0.1, -0.05) is 26.0 Å². The van der Waals surface area contributed by atoms with Gasteiger partial charge in [0.1, 0.15) is 17.4 Å². The van der Waals surface area contributed by atoms with Crippen molar-refractivity contribution in [3.05, 3.63) is 54.2 Å². The molecule has 1 aromatic carbocycles. The maximum atomic E-state index is 13.8. The maximum absolute atomic E-state index is 13.8. The van der Waals surface area contributed by atoms with Gasteiger partial charge in [0.15, 0.2) is 0 Å². The fourth-order valence-corrected chi connectivity index (χ4v) is 5.13. The summed E-state index contributed by atoms with van der Waals surface area (Å²) in [6.07, 6.45) is -3.06. The van der Waals surface area contributed by atoms with Gasteiger partial charge < -0.3 is 24.2 Å². The van der Waals surface area contributed by atoms with Gasteiger partial charge in [0.05, 0.1) is 37.6 Å². The van der Waals surface area contributed by atoms with Gasteiger partial charge in [-0.3, -0.25) is 0 Å². The van der Waals surface area contributed by atoms with Crippen molar-refractivity contribution in [3.8, 4) is 17.0 Å². The summed E-state index contributed by atoms with van der Waals surface area (Å²) in [4.78, 5) is 20.1. The Labute approximate surface area is 226 Å². The molecule has 8 nitrogen and oxygen atoms in total. The fraction of sp³-hybridized carbons (Fsp3) is 0.464. The highest BCUT2D eigenvalue weighted by atomic mass is 19.4. The van der Waals surface area contributed by atoms with E-state index in [0.717, 1.165) is 28.9 Å². The van der Waals surface area contributed by atoms with Gasteiger partial charge in [0, 0.05) is 50.6 Å². The van der Waals surface area contributed by atoms with Gasteiger partial charge in [-0.05, 0) is 30.2 Å². The number of aromatic nitrogens is 3. The van der Waals surface area contributed by atoms with Crippen LogP contribution < -0.4 is 19.4 Å².